The van der Waals surface area contributed by atoms with E-state index in [0.717, 1.165) is 31.5 Å². The van der Waals surface area contributed by atoms with Crippen LogP contribution < -0.4 is 10.6 Å². The number of aryl methyl sites for hydroxylation is 1. The van der Waals surface area contributed by atoms with E-state index in [1.54, 1.807) is 20.1 Å². The van der Waals surface area contributed by atoms with Crippen molar-refractivity contribution < 1.29 is 18.7 Å². The second kappa shape index (κ2) is 8.75. The molecule has 2 amide bonds. The molecule has 0 aromatic heterocycles. The number of nitrogens with one attached hydrogen (secondary N) is 2. The van der Waals surface area contributed by atoms with E-state index in [4.69, 9.17) is 4.74 Å². The summed E-state index contributed by atoms with van der Waals surface area (Å²) in [6.07, 6.45) is 1.77. The molecular weight excluding hydrogens is 313 g/mol. The van der Waals surface area contributed by atoms with Crippen molar-refractivity contribution in [3.63, 3.8) is 0 Å². The molecule has 0 bridgehead atoms. The highest BCUT2D eigenvalue weighted by atomic mass is 19.1. The maximum Gasteiger partial charge on any atom is 0.313 e. The molecule has 1 aliphatic rings. The second-order valence-electron chi connectivity index (χ2n) is 6.04. The first kappa shape index (κ1) is 18.4. The standard InChI is InChI=1S/C17H24FN3O3/c1-12-5-6-14(18)15(10-12)20-17(23)16(22)19-13-4-3-7-21(11-13)8-9-24-2/h5-6,10,13H,3-4,7-9,11H2,1-2H3,(H,19,22)(H,20,23)/t13-/m1/s1. The summed E-state index contributed by atoms with van der Waals surface area (Å²) in [5.74, 6) is -2.16. The van der Waals surface area contributed by atoms with Gasteiger partial charge in [0.2, 0.25) is 0 Å². The van der Waals surface area contributed by atoms with E-state index in [9.17, 15) is 14.0 Å². The highest BCUT2D eigenvalue weighted by molar-refractivity contribution is 6.39. The lowest BCUT2D eigenvalue weighted by molar-refractivity contribution is -0.136. The largest absolute Gasteiger partial charge is 0.383 e. The van der Waals surface area contributed by atoms with E-state index in [1.807, 2.05) is 0 Å². The van der Waals surface area contributed by atoms with Crippen LogP contribution in [0.3, 0.4) is 0 Å². The molecule has 6 nitrogen and oxygen atoms in total. The number of halogens is 1. The van der Waals surface area contributed by atoms with Gasteiger partial charge >= 0.3 is 11.8 Å². The summed E-state index contributed by atoms with van der Waals surface area (Å²) in [4.78, 5) is 26.2. The van der Waals surface area contributed by atoms with Crippen molar-refractivity contribution in [1.29, 1.82) is 0 Å². The normalized spacial score (nSPS) is 18.2. The SMILES string of the molecule is COCCN1CCC[C@@H](NC(=O)C(=O)Nc2cc(C)ccc2F)C1. The smallest absolute Gasteiger partial charge is 0.313 e. The van der Waals surface area contributed by atoms with Crippen LogP contribution >= 0.6 is 0 Å². The van der Waals surface area contributed by atoms with Crippen LogP contribution in [0.25, 0.3) is 0 Å². The summed E-state index contributed by atoms with van der Waals surface area (Å²) < 4.78 is 18.7. The minimum absolute atomic E-state index is 0.0144. The summed E-state index contributed by atoms with van der Waals surface area (Å²) in [6, 6.07) is 4.27. The van der Waals surface area contributed by atoms with E-state index >= 15 is 0 Å². The lowest BCUT2D eigenvalue weighted by atomic mass is 10.1. The Hall–Kier alpha value is -1.99. The molecule has 1 aromatic carbocycles. The number of anilines is 1. The zero-order chi connectivity index (χ0) is 17.5. The second-order valence-corrected chi connectivity index (χ2v) is 6.04. The highest BCUT2D eigenvalue weighted by Crippen LogP contribution is 2.15. The fraction of sp³-hybridized carbons (Fsp3) is 0.529. The first-order valence-electron chi connectivity index (χ1n) is 8.09. The molecule has 0 radical (unpaired) electrons. The summed E-state index contributed by atoms with van der Waals surface area (Å²) >= 11 is 0. The number of carbonyl (C=O) groups is 2. The van der Waals surface area contributed by atoms with Gasteiger partial charge in [0.05, 0.1) is 12.3 Å². The zero-order valence-corrected chi connectivity index (χ0v) is 14.1. The lowest BCUT2D eigenvalue weighted by Gasteiger charge is -2.32. The number of piperidine rings is 1. The number of hydrogen-bond donors (Lipinski definition) is 2. The number of ether oxygens (including phenoxy) is 1. The minimum Gasteiger partial charge on any atom is -0.383 e. The number of methoxy groups -OCH3 is 1. The van der Waals surface area contributed by atoms with Crippen LogP contribution in [0.2, 0.25) is 0 Å². The van der Waals surface area contributed by atoms with Crippen molar-refractivity contribution in [2.45, 2.75) is 25.8 Å². The quantitative estimate of drug-likeness (QED) is 0.795. The van der Waals surface area contributed by atoms with E-state index in [-0.39, 0.29) is 11.7 Å². The number of hydrogen-bond acceptors (Lipinski definition) is 4. The van der Waals surface area contributed by atoms with Gasteiger partial charge < -0.3 is 15.4 Å². The Morgan fingerprint density at radius 1 is 1.38 bits per heavy atom. The van der Waals surface area contributed by atoms with Gasteiger partial charge in [-0.3, -0.25) is 14.5 Å². The Morgan fingerprint density at radius 3 is 2.92 bits per heavy atom. The third kappa shape index (κ3) is 5.28. The van der Waals surface area contributed by atoms with E-state index in [0.29, 0.717) is 13.2 Å². The fourth-order valence-electron chi connectivity index (χ4n) is 2.76. The molecule has 2 rings (SSSR count). The average molecular weight is 337 g/mol. The molecule has 1 heterocycles. The highest BCUT2D eigenvalue weighted by Gasteiger charge is 2.24. The number of carbonyl (C=O) groups excluding carboxylic acids is 2. The van der Waals surface area contributed by atoms with Gasteiger partial charge in [0.15, 0.2) is 0 Å². The molecule has 0 spiro atoms. The molecular formula is C17H24FN3O3. The van der Waals surface area contributed by atoms with Crippen LogP contribution in [0, 0.1) is 12.7 Å². The number of rotatable bonds is 5. The van der Waals surface area contributed by atoms with Gasteiger partial charge in [-0.25, -0.2) is 4.39 Å². The maximum atomic E-state index is 13.7. The molecule has 24 heavy (non-hydrogen) atoms. The van der Waals surface area contributed by atoms with Crippen LogP contribution in [0.15, 0.2) is 18.2 Å². The first-order valence-corrected chi connectivity index (χ1v) is 8.09. The van der Waals surface area contributed by atoms with Gasteiger partial charge in [-0.2, -0.15) is 0 Å². The Balaban J connectivity index is 1.87. The van der Waals surface area contributed by atoms with Crippen molar-refractivity contribution in [3.05, 3.63) is 29.6 Å². The Labute approximate surface area is 141 Å². The van der Waals surface area contributed by atoms with E-state index in [1.165, 1.54) is 12.1 Å². The summed E-state index contributed by atoms with van der Waals surface area (Å²) in [5, 5.41) is 5.05. The van der Waals surface area contributed by atoms with Gasteiger partial charge in [-0.05, 0) is 44.0 Å². The Morgan fingerprint density at radius 2 is 2.17 bits per heavy atom. The van der Waals surface area contributed by atoms with Crippen molar-refractivity contribution in [1.82, 2.24) is 10.2 Å². The maximum absolute atomic E-state index is 13.7. The van der Waals surface area contributed by atoms with Gasteiger partial charge in [0, 0.05) is 26.2 Å². The van der Waals surface area contributed by atoms with E-state index < -0.39 is 17.6 Å². The predicted octanol–water partition coefficient (Wildman–Crippen LogP) is 1.30. The summed E-state index contributed by atoms with van der Waals surface area (Å²) in [6.45, 7) is 4.85. The Bertz CT molecular complexity index is 594. The van der Waals surface area contributed by atoms with Crippen LogP contribution in [0.5, 0.6) is 0 Å². The topological polar surface area (TPSA) is 70.7 Å². The van der Waals surface area contributed by atoms with Crippen LogP contribution in [0.4, 0.5) is 10.1 Å². The molecule has 7 heteroatoms. The Kier molecular flexibility index (Phi) is 6.69. The molecule has 1 saturated heterocycles. The van der Waals surface area contributed by atoms with Crippen LogP contribution in [-0.2, 0) is 14.3 Å². The number of benzene rings is 1. The molecule has 1 atom stereocenters. The van der Waals surface area contributed by atoms with E-state index in [2.05, 4.69) is 15.5 Å². The number of amides is 2. The summed E-state index contributed by atoms with van der Waals surface area (Å²) in [7, 11) is 1.65. The molecule has 1 fully saturated rings. The van der Waals surface area contributed by atoms with Crippen LogP contribution in [0.1, 0.15) is 18.4 Å². The van der Waals surface area contributed by atoms with Gasteiger partial charge in [0.1, 0.15) is 5.82 Å². The van der Waals surface area contributed by atoms with Gasteiger partial charge in [-0.15, -0.1) is 0 Å². The monoisotopic (exact) mass is 337 g/mol. The van der Waals surface area contributed by atoms with Crippen molar-refractivity contribution in [2.24, 2.45) is 0 Å². The zero-order valence-electron chi connectivity index (χ0n) is 14.1. The van der Waals surface area contributed by atoms with Crippen molar-refractivity contribution in [2.75, 3.05) is 38.7 Å². The molecule has 1 aromatic rings. The lowest BCUT2D eigenvalue weighted by Crippen LogP contribution is -2.50. The third-order valence-corrected chi connectivity index (χ3v) is 4.03. The first-order chi connectivity index (χ1) is 11.5. The molecule has 0 unspecified atom stereocenters. The van der Waals surface area contributed by atoms with Crippen molar-refractivity contribution >= 4 is 17.5 Å². The minimum atomic E-state index is -0.853. The van der Waals surface area contributed by atoms with Gasteiger partial charge in [0.25, 0.3) is 0 Å². The van der Waals surface area contributed by atoms with Crippen molar-refractivity contribution in [3.8, 4) is 0 Å². The number of likely N-dealkylation sites (tertiary alicyclic amines) is 1. The third-order valence-electron chi connectivity index (χ3n) is 4.03. The van der Waals surface area contributed by atoms with Crippen LogP contribution in [-0.4, -0.2) is 56.1 Å². The van der Waals surface area contributed by atoms with Gasteiger partial charge in [-0.1, -0.05) is 6.07 Å². The molecule has 0 aliphatic carbocycles. The predicted molar refractivity (Wildman–Crippen MR) is 89.2 cm³/mol. The fourth-order valence-corrected chi connectivity index (χ4v) is 2.76. The average Bonchev–Trinajstić information content (AvgIpc) is 2.56. The molecule has 2 N–H and O–H groups in total. The summed E-state index contributed by atoms with van der Waals surface area (Å²) in [5.41, 5.74) is 0.814. The number of nitrogens with zero attached hydrogens (tertiary/aromatic N) is 1. The molecule has 132 valence electrons. The molecule has 1 aliphatic heterocycles. The molecule has 0 saturated carbocycles.